The Bertz CT molecular complexity index is 535. The number of aryl methyl sites for hydroxylation is 1. The van der Waals surface area contributed by atoms with E-state index in [4.69, 9.17) is 15.0 Å². The van der Waals surface area contributed by atoms with Gasteiger partial charge in [-0.25, -0.2) is 0 Å². The molecule has 0 radical (unpaired) electrons. The van der Waals surface area contributed by atoms with Gasteiger partial charge in [-0.3, -0.25) is 0 Å². The van der Waals surface area contributed by atoms with Gasteiger partial charge in [-0.2, -0.15) is 4.98 Å². The average Bonchev–Trinajstić information content (AvgIpc) is 2.80. The molecule has 0 aliphatic rings. The molecule has 5 nitrogen and oxygen atoms in total. The first-order chi connectivity index (χ1) is 8.58. The normalized spacial score (nSPS) is 12.4. The number of hydrogen-bond donors (Lipinski definition) is 1. The molecule has 2 N–H and O–H groups in total. The molecule has 0 saturated carbocycles. The van der Waals surface area contributed by atoms with E-state index in [9.17, 15) is 0 Å². The molecule has 0 bridgehead atoms. The lowest BCUT2D eigenvalue weighted by Crippen LogP contribution is -2.06. The largest absolute Gasteiger partial charge is 0.485 e. The summed E-state index contributed by atoms with van der Waals surface area (Å²) in [6.07, 6.45) is 0. The molecule has 1 aromatic carbocycles. The van der Waals surface area contributed by atoms with Crippen LogP contribution in [-0.2, 0) is 6.61 Å². The quantitative estimate of drug-likeness (QED) is 0.897. The zero-order chi connectivity index (χ0) is 13.1. The van der Waals surface area contributed by atoms with Crippen LogP contribution in [0.1, 0.15) is 35.8 Å². The average molecular weight is 247 g/mol. The molecule has 5 heteroatoms. The fourth-order valence-electron chi connectivity index (χ4n) is 1.53. The van der Waals surface area contributed by atoms with E-state index in [-0.39, 0.29) is 12.6 Å². The van der Waals surface area contributed by atoms with Gasteiger partial charge in [0.15, 0.2) is 6.61 Å². The number of nitrogens with zero attached hydrogens (tertiary/aromatic N) is 2. The lowest BCUT2D eigenvalue weighted by Gasteiger charge is -2.08. The Kier molecular flexibility index (Phi) is 3.62. The second-order valence-electron chi connectivity index (χ2n) is 4.32. The summed E-state index contributed by atoms with van der Waals surface area (Å²) in [5, 5.41) is 3.81. The minimum atomic E-state index is -0.257. The molecule has 0 spiro atoms. The van der Waals surface area contributed by atoms with Crippen molar-refractivity contribution in [3.8, 4) is 5.75 Å². The highest BCUT2D eigenvalue weighted by Crippen LogP contribution is 2.21. The maximum Gasteiger partial charge on any atom is 0.243 e. The first-order valence-corrected chi connectivity index (χ1v) is 5.85. The van der Waals surface area contributed by atoms with Gasteiger partial charge >= 0.3 is 0 Å². The van der Waals surface area contributed by atoms with Crippen LogP contribution in [-0.4, -0.2) is 10.1 Å². The van der Waals surface area contributed by atoms with E-state index >= 15 is 0 Å². The van der Waals surface area contributed by atoms with Crippen molar-refractivity contribution in [3.05, 3.63) is 41.0 Å². The van der Waals surface area contributed by atoms with E-state index < -0.39 is 0 Å². The van der Waals surface area contributed by atoms with Crippen LogP contribution < -0.4 is 10.5 Å². The van der Waals surface area contributed by atoms with Crippen LogP contribution in [0.25, 0.3) is 0 Å². The van der Waals surface area contributed by atoms with Crippen molar-refractivity contribution in [3.63, 3.8) is 0 Å². The summed E-state index contributed by atoms with van der Waals surface area (Å²) in [5.74, 6) is 1.76. The Balaban J connectivity index is 2.04. The summed E-state index contributed by atoms with van der Waals surface area (Å²) in [4.78, 5) is 4.15. The van der Waals surface area contributed by atoms with Crippen molar-refractivity contribution in [2.45, 2.75) is 33.4 Å². The van der Waals surface area contributed by atoms with Gasteiger partial charge in [0.05, 0.1) is 6.04 Å². The fourth-order valence-corrected chi connectivity index (χ4v) is 1.53. The van der Waals surface area contributed by atoms with E-state index in [1.165, 1.54) is 5.56 Å². The molecule has 0 amide bonds. The van der Waals surface area contributed by atoms with E-state index in [0.717, 1.165) is 11.3 Å². The maximum absolute atomic E-state index is 5.67. The minimum Gasteiger partial charge on any atom is -0.485 e. The highest BCUT2D eigenvalue weighted by molar-refractivity contribution is 5.38. The summed E-state index contributed by atoms with van der Waals surface area (Å²) < 4.78 is 10.7. The molecule has 18 heavy (non-hydrogen) atoms. The second-order valence-corrected chi connectivity index (χ2v) is 4.32. The topological polar surface area (TPSA) is 74.2 Å². The third-order valence-electron chi connectivity index (χ3n) is 2.79. The van der Waals surface area contributed by atoms with Gasteiger partial charge in [-0.05, 0) is 38.0 Å². The summed E-state index contributed by atoms with van der Waals surface area (Å²) in [5.41, 5.74) is 7.95. The van der Waals surface area contributed by atoms with Gasteiger partial charge in [0.1, 0.15) is 5.75 Å². The third kappa shape index (κ3) is 2.68. The van der Waals surface area contributed by atoms with Gasteiger partial charge in [0.25, 0.3) is 0 Å². The van der Waals surface area contributed by atoms with Crippen LogP contribution in [0, 0.1) is 13.8 Å². The summed E-state index contributed by atoms with van der Waals surface area (Å²) in [6.45, 7) is 6.14. The molecule has 0 fully saturated rings. The molecule has 1 aromatic heterocycles. The lowest BCUT2D eigenvalue weighted by atomic mass is 10.1. The Labute approximate surface area is 106 Å². The third-order valence-corrected chi connectivity index (χ3v) is 2.79. The maximum atomic E-state index is 5.67. The Morgan fingerprint density at radius 2 is 2.17 bits per heavy atom. The van der Waals surface area contributed by atoms with Crippen molar-refractivity contribution in [2.75, 3.05) is 0 Å². The van der Waals surface area contributed by atoms with E-state index in [1.54, 1.807) is 6.92 Å². The lowest BCUT2D eigenvalue weighted by molar-refractivity contribution is 0.282. The molecule has 2 rings (SSSR count). The zero-order valence-corrected chi connectivity index (χ0v) is 10.8. The van der Waals surface area contributed by atoms with E-state index in [1.807, 2.05) is 32.0 Å². The summed E-state index contributed by atoms with van der Waals surface area (Å²) in [6, 6.07) is 5.67. The van der Waals surface area contributed by atoms with Crippen LogP contribution >= 0.6 is 0 Å². The molecule has 96 valence electrons. The highest BCUT2D eigenvalue weighted by Gasteiger charge is 2.11. The van der Waals surface area contributed by atoms with Crippen LogP contribution in [0.15, 0.2) is 22.7 Å². The zero-order valence-electron chi connectivity index (χ0n) is 10.8. The summed E-state index contributed by atoms with van der Waals surface area (Å²) in [7, 11) is 0. The number of benzene rings is 1. The predicted octanol–water partition coefficient (Wildman–Crippen LogP) is 2.29. The number of nitrogens with two attached hydrogens (primary N) is 1. The molecular weight excluding hydrogens is 230 g/mol. The molecule has 1 heterocycles. The molecule has 2 aromatic rings. The van der Waals surface area contributed by atoms with Crippen molar-refractivity contribution in [1.82, 2.24) is 10.1 Å². The van der Waals surface area contributed by atoms with Crippen molar-refractivity contribution in [1.29, 1.82) is 0 Å². The molecule has 1 unspecified atom stereocenters. The standard InChI is InChI=1S/C13H17N3O2/c1-8-5-4-6-11(9(8)2)17-7-12-15-13(10(3)14)18-16-12/h4-6,10H,7,14H2,1-3H3. The smallest absolute Gasteiger partial charge is 0.243 e. The Morgan fingerprint density at radius 3 is 2.83 bits per heavy atom. The molecule has 0 aliphatic heterocycles. The van der Waals surface area contributed by atoms with Crippen LogP contribution in [0.3, 0.4) is 0 Å². The van der Waals surface area contributed by atoms with Gasteiger partial charge in [-0.15, -0.1) is 0 Å². The van der Waals surface area contributed by atoms with Gasteiger partial charge in [0, 0.05) is 0 Å². The fraction of sp³-hybridized carbons (Fsp3) is 0.385. The second kappa shape index (κ2) is 5.18. The number of aromatic nitrogens is 2. The number of hydrogen-bond acceptors (Lipinski definition) is 5. The monoisotopic (exact) mass is 247 g/mol. The molecule has 0 saturated heterocycles. The number of rotatable bonds is 4. The Morgan fingerprint density at radius 1 is 1.39 bits per heavy atom. The summed E-state index contributed by atoms with van der Waals surface area (Å²) >= 11 is 0. The van der Waals surface area contributed by atoms with Crippen molar-refractivity contribution < 1.29 is 9.26 Å². The minimum absolute atomic E-state index is 0.257. The first-order valence-electron chi connectivity index (χ1n) is 5.85. The SMILES string of the molecule is Cc1cccc(OCc2noc(C(C)N)n2)c1C. The van der Waals surface area contributed by atoms with E-state index in [2.05, 4.69) is 10.1 Å². The van der Waals surface area contributed by atoms with Gasteiger partial charge < -0.3 is 15.0 Å². The van der Waals surface area contributed by atoms with E-state index in [0.29, 0.717) is 11.7 Å². The first kappa shape index (κ1) is 12.6. The highest BCUT2D eigenvalue weighted by atomic mass is 16.5. The van der Waals surface area contributed by atoms with Crippen LogP contribution in [0.4, 0.5) is 0 Å². The predicted molar refractivity (Wildman–Crippen MR) is 67.1 cm³/mol. The van der Waals surface area contributed by atoms with Crippen molar-refractivity contribution in [2.24, 2.45) is 5.73 Å². The van der Waals surface area contributed by atoms with Crippen molar-refractivity contribution >= 4 is 0 Å². The Hall–Kier alpha value is -1.88. The molecule has 0 aliphatic carbocycles. The van der Waals surface area contributed by atoms with Crippen LogP contribution in [0.2, 0.25) is 0 Å². The van der Waals surface area contributed by atoms with Crippen LogP contribution in [0.5, 0.6) is 5.75 Å². The molecular formula is C13H17N3O2. The molecule has 1 atom stereocenters. The number of ether oxygens (including phenoxy) is 1. The van der Waals surface area contributed by atoms with Gasteiger partial charge in [-0.1, -0.05) is 17.3 Å². The van der Waals surface area contributed by atoms with Gasteiger partial charge in [0.2, 0.25) is 11.7 Å².